The molecule has 2 unspecified atom stereocenters. The summed E-state index contributed by atoms with van der Waals surface area (Å²) in [5.74, 6) is 0.521. The van der Waals surface area contributed by atoms with Gasteiger partial charge in [-0.05, 0) is 30.7 Å². The normalized spacial score (nSPS) is 20.3. The van der Waals surface area contributed by atoms with Gasteiger partial charge >= 0.3 is 0 Å². The van der Waals surface area contributed by atoms with Crippen LogP contribution >= 0.6 is 0 Å². The minimum atomic E-state index is -0.00305. The average molecular weight is 264 g/mol. The van der Waals surface area contributed by atoms with Crippen LogP contribution in [-0.4, -0.2) is 24.7 Å². The Morgan fingerprint density at radius 1 is 1.47 bits per heavy atom. The Bertz CT molecular complexity index is 467. The van der Waals surface area contributed by atoms with Gasteiger partial charge in [0, 0.05) is 31.0 Å². The lowest BCUT2D eigenvalue weighted by atomic mass is 9.90. The molecule has 1 aromatic rings. The van der Waals surface area contributed by atoms with Gasteiger partial charge in [-0.2, -0.15) is 0 Å². The van der Waals surface area contributed by atoms with E-state index in [4.69, 9.17) is 4.74 Å². The maximum absolute atomic E-state index is 11.4. The van der Waals surface area contributed by atoms with Crippen molar-refractivity contribution in [2.24, 2.45) is 5.92 Å². The van der Waals surface area contributed by atoms with Gasteiger partial charge in [0.2, 0.25) is 5.56 Å². The number of aromatic nitrogens is 1. The number of nitrogens with one attached hydrogen (secondary N) is 2. The number of hydrogen-bond donors (Lipinski definition) is 2. The molecule has 1 heterocycles. The summed E-state index contributed by atoms with van der Waals surface area (Å²) >= 11 is 0. The van der Waals surface area contributed by atoms with E-state index < -0.39 is 0 Å². The molecular formula is C15H24N2O2. The molecule has 0 saturated carbocycles. The highest BCUT2D eigenvalue weighted by atomic mass is 16.5. The molecule has 1 aliphatic rings. The van der Waals surface area contributed by atoms with Crippen molar-refractivity contribution in [2.45, 2.75) is 45.2 Å². The van der Waals surface area contributed by atoms with Crippen molar-refractivity contribution in [2.75, 3.05) is 13.7 Å². The van der Waals surface area contributed by atoms with Crippen LogP contribution in [0, 0.1) is 5.92 Å². The first-order valence-electron chi connectivity index (χ1n) is 7.09. The second-order valence-corrected chi connectivity index (χ2v) is 5.67. The molecule has 0 radical (unpaired) electrons. The van der Waals surface area contributed by atoms with Crippen LogP contribution in [0.5, 0.6) is 0 Å². The number of aryl methyl sites for hydroxylation is 1. The molecule has 1 aromatic heterocycles. The summed E-state index contributed by atoms with van der Waals surface area (Å²) in [5, 5.41) is 3.68. The van der Waals surface area contributed by atoms with Gasteiger partial charge < -0.3 is 15.0 Å². The van der Waals surface area contributed by atoms with Gasteiger partial charge in [-0.1, -0.05) is 19.9 Å². The quantitative estimate of drug-likeness (QED) is 0.855. The average Bonchev–Trinajstić information content (AvgIpc) is 2.37. The van der Waals surface area contributed by atoms with Crippen LogP contribution in [0.1, 0.15) is 44.0 Å². The molecule has 1 aliphatic carbocycles. The first-order valence-corrected chi connectivity index (χ1v) is 7.09. The number of hydrogen-bond acceptors (Lipinski definition) is 3. The predicted molar refractivity (Wildman–Crippen MR) is 76.4 cm³/mol. The monoisotopic (exact) mass is 264 g/mol. The first-order chi connectivity index (χ1) is 9.11. The second kappa shape index (κ2) is 6.35. The number of H-pyrrole nitrogens is 1. The lowest BCUT2D eigenvalue weighted by Crippen LogP contribution is -2.41. The molecule has 0 aromatic carbocycles. The lowest BCUT2D eigenvalue weighted by molar-refractivity contribution is 0.138. The highest BCUT2D eigenvalue weighted by molar-refractivity contribution is 5.26. The summed E-state index contributed by atoms with van der Waals surface area (Å²) in [4.78, 5) is 14.4. The van der Waals surface area contributed by atoms with Gasteiger partial charge in [0.25, 0.3) is 0 Å². The van der Waals surface area contributed by atoms with E-state index in [1.54, 1.807) is 13.2 Å². The molecule has 2 N–H and O–H groups in total. The number of pyridine rings is 1. The molecule has 106 valence electrons. The van der Waals surface area contributed by atoms with Crippen molar-refractivity contribution in [1.82, 2.24) is 10.3 Å². The maximum Gasteiger partial charge on any atom is 0.248 e. The van der Waals surface area contributed by atoms with Crippen LogP contribution in [0.2, 0.25) is 0 Å². The maximum atomic E-state index is 11.4. The predicted octanol–water partition coefficient (Wildman–Crippen LogP) is 2.01. The van der Waals surface area contributed by atoms with Crippen LogP contribution in [0.3, 0.4) is 0 Å². The number of methoxy groups -OCH3 is 1. The third kappa shape index (κ3) is 3.45. The van der Waals surface area contributed by atoms with E-state index in [0.29, 0.717) is 24.6 Å². The Morgan fingerprint density at radius 2 is 2.26 bits per heavy atom. The molecule has 0 saturated heterocycles. The summed E-state index contributed by atoms with van der Waals surface area (Å²) < 4.78 is 5.29. The minimum absolute atomic E-state index is 0.00305. The van der Waals surface area contributed by atoms with E-state index >= 15 is 0 Å². The summed E-state index contributed by atoms with van der Waals surface area (Å²) in [5.41, 5.74) is 2.33. The van der Waals surface area contributed by atoms with E-state index in [2.05, 4.69) is 24.1 Å². The van der Waals surface area contributed by atoms with Crippen LogP contribution in [-0.2, 0) is 11.2 Å². The molecule has 2 atom stereocenters. The Labute approximate surface area is 114 Å². The smallest absolute Gasteiger partial charge is 0.248 e. The van der Waals surface area contributed by atoms with E-state index in [0.717, 1.165) is 25.0 Å². The topological polar surface area (TPSA) is 54.1 Å². The van der Waals surface area contributed by atoms with Gasteiger partial charge in [-0.25, -0.2) is 0 Å². The third-order valence-electron chi connectivity index (χ3n) is 3.90. The molecule has 0 fully saturated rings. The largest absolute Gasteiger partial charge is 0.383 e. The van der Waals surface area contributed by atoms with Crippen LogP contribution in [0.25, 0.3) is 0 Å². The van der Waals surface area contributed by atoms with E-state index in [1.165, 1.54) is 5.56 Å². The highest BCUT2D eigenvalue weighted by Gasteiger charge is 2.24. The Morgan fingerprint density at radius 3 is 2.95 bits per heavy atom. The Hall–Kier alpha value is -1.13. The molecule has 19 heavy (non-hydrogen) atoms. The van der Waals surface area contributed by atoms with E-state index in [1.807, 2.05) is 6.07 Å². The molecule has 2 rings (SSSR count). The van der Waals surface area contributed by atoms with Crippen LogP contribution in [0.4, 0.5) is 0 Å². The zero-order chi connectivity index (χ0) is 13.8. The molecule has 0 spiro atoms. The fourth-order valence-corrected chi connectivity index (χ4v) is 2.74. The molecular weight excluding hydrogens is 240 g/mol. The van der Waals surface area contributed by atoms with Crippen LogP contribution < -0.4 is 10.9 Å². The molecule has 4 nitrogen and oxygen atoms in total. The molecule has 0 amide bonds. The highest BCUT2D eigenvalue weighted by Crippen LogP contribution is 2.28. The van der Waals surface area contributed by atoms with Crippen LogP contribution in [0.15, 0.2) is 16.9 Å². The molecule has 4 heteroatoms. The third-order valence-corrected chi connectivity index (χ3v) is 3.90. The fourth-order valence-electron chi connectivity index (χ4n) is 2.74. The van der Waals surface area contributed by atoms with Gasteiger partial charge in [-0.3, -0.25) is 4.79 Å². The number of ether oxygens (including phenoxy) is 1. The summed E-state index contributed by atoms with van der Waals surface area (Å²) in [6.07, 6.45) is 3.20. The van der Waals surface area contributed by atoms with Crippen molar-refractivity contribution in [3.8, 4) is 0 Å². The van der Waals surface area contributed by atoms with E-state index in [-0.39, 0.29) is 5.56 Å². The van der Waals surface area contributed by atoms with Crippen molar-refractivity contribution in [1.29, 1.82) is 0 Å². The SMILES string of the molecule is COCC(NC1CCCc2[nH]c(=O)ccc21)C(C)C. The second-order valence-electron chi connectivity index (χ2n) is 5.67. The zero-order valence-electron chi connectivity index (χ0n) is 12.0. The van der Waals surface area contributed by atoms with Gasteiger partial charge in [-0.15, -0.1) is 0 Å². The zero-order valence-corrected chi connectivity index (χ0v) is 12.0. The van der Waals surface area contributed by atoms with Crippen molar-refractivity contribution < 1.29 is 4.74 Å². The van der Waals surface area contributed by atoms with Gasteiger partial charge in [0.15, 0.2) is 0 Å². The number of fused-ring (bicyclic) bond motifs is 1. The molecule has 0 bridgehead atoms. The van der Waals surface area contributed by atoms with Crippen molar-refractivity contribution in [3.63, 3.8) is 0 Å². The standard InChI is InChI=1S/C15H24N2O2/c1-10(2)14(9-19-3)16-12-5-4-6-13-11(12)7-8-15(18)17-13/h7-8,10,12,14,16H,4-6,9H2,1-3H3,(H,17,18). The number of rotatable bonds is 5. The first kappa shape index (κ1) is 14.3. The van der Waals surface area contributed by atoms with Gasteiger partial charge in [0.05, 0.1) is 6.61 Å². The fraction of sp³-hybridized carbons (Fsp3) is 0.667. The lowest BCUT2D eigenvalue weighted by Gasteiger charge is -2.31. The molecule has 0 aliphatic heterocycles. The summed E-state index contributed by atoms with van der Waals surface area (Å²) in [7, 11) is 1.74. The summed E-state index contributed by atoms with van der Waals surface area (Å²) in [6, 6.07) is 4.25. The Balaban J connectivity index is 2.16. The van der Waals surface area contributed by atoms with Gasteiger partial charge in [0.1, 0.15) is 0 Å². The van der Waals surface area contributed by atoms with E-state index in [9.17, 15) is 4.79 Å². The van der Waals surface area contributed by atoms with Crippen molar-refractivity contribution >= 4 is 0 Å². The summed E-state index contributed by atoms with van der Waals surface area (Å²) in [6.45, 7) is 5.12. The Kier molecular flexibility index (Phi) is 4.77. The number of aromatic amines is 1. The van der Waals surface area contributed by atoms with Crippen molar-refractivity contribution in [3.05, 3.63) is 33.7 Å². The minimum Gasteiger partial charge on any atom is -0.383 e.